The van der Waals surface area contributed by atoms with Crippen molar-refractivity contribution < 1.29 is 39.0 Å². The Balaban J connectivity index is 5.64. The number of aliphatic imine (C=N–C) groups is 2. The van der Waals surface area contributed by atoms with E-state index in [2.05, 4.69) is 38.2 Å². The summed E-state index contributed by atoms with van der Waals surface area (Å²) < 4.78 is 0. The van der Waals surface area contributed by atoms with Gasteiger partial charge in [-0.3, -0.25) is 38.8 Å². The van der Waals surface area contributed by atoms with Gasteiger partial charge in [0.1, 0.15) is 12.1 Å². The molecule has 0 bridgehead atoms. The number of guanidine groups is 2. The zero-order valence-corrected chi connectivity index (χ0v) is 37.7. The van der Waals surface area contributed by atoms with Gasteiger partial charge in [0.05, 0.1) is 25.2 Å². The lowest BCUT2D eigenvalue weighted by atomic mass is 9.84. The number of nitrogens with two attached hydrogens (primary N) is 4. The van der Waals surface area contributed by atoms with Gasteiger partial charge in [-0.25, -0.2) is 0 Å². The zero-order valence-electron chi connectivity index (χ0n) is 37.7. The summed E-state index contributed by atoms with van der Waals surface area (Å²) >= 11 is 0. The number of hydrogen-bond donors (Lipinski definition) is 10. The van der Waals surface area contributed by atoms with Crippen molar-refractivity contribution in [3.05, 3.63) is 0 Å². The van der Waals surface area contributed by atoms with Crippen LogP contribution >= 0.6 is 0 Å². The number of aliphatic hydroxyl groups excluding tert-OH is 2. The van der Waals surface area contributed by atoms with Crippen LogP contribution in [0, 0.1) is 17.8 Å². The quantitative estimate of drug-likeness (QED) is 0.0242. The van der Waals surface area contributed by atoms with E-state index >= 15 is 0 Å². The first-order chi connectivity index (χ1) is 29.1. The Kier molecular flexibility index (Phi) is 32.8. The van der Waals surface area contributed by atoms with E-state index in [-0.39, 0.29) is 68.9 Å². The molecule has 61 heavy (non-hydrogen) atoms. The third kappa shape index (κ3) is 27.3. The number of nitrogens with one attached hydrogen (secondary N) is 4. The number of carbonyl (C=O) groups is 6. The maximum absolute atomic E-state index is 13.8. The highest BCUT2D eigenvalue weighted by Crippen LogP contribution is 2.22. The Morgan fingerprint density at radius 2 is 1.03 bits per heavy atom. The van der Waals surface area contributed by atoms with E-state index in [0.717, 1.165) is 19.3 Å². The summed E-state index contributed by atoms with van der Waals surface area (Å²) in [4.78, 5) is 87.6. The van der Waals surface area contributed by atoms with Crippen LogP contribution in [0.5, 0.6) is 0 Å². The van der Waals surface area contributed by atoms with Gasteiger partial charge < -0.3 is 54.4 Å². The average molecular weight is 867 g/mol. The molecule has 0 heterocycles. The van der Waals surface area contributed by atoms with Crippen molar-refractivity contribution in [2.24, 2.45) is 50.7 Å². The van der Waals surface area contributed by atoms with E-state index < -0.39 is 72.5 Å². The Morgan fingerprint density at radius 3 is 1.49 bits per heavy atom. The standard InChI is InChI=1S/C43H82N10O8/c1-5-7-8-9-10-11-12-13-14-15-16-17-18-23-38(58)51-34(22-20-25-50-43(46)47)41(61)53-35(29-55)37(57)27-32(30(3)6-2)40(60)52-33(21-19-24-49-42(44)45)36(56)26-31(28-54)39(59)48-4/h30-35,54-55H,5-29H2,1-4H3,(H,48,59)(H,51,58)(H,52,60)(H,53,61)(H4,44,45,49)(H4,46,47,50)/t30-,31-,32-,33-,34-,35-/m0/s1. The van der Waals surface area contributed by atoms with Crippen molar-refractivity contribution in [3.8, 4) is 0 Å². The molecular weight excluding hydrogens is 785 g/mol. The van der Waals surface area contributed by atoms with Gasteiger partial charge in [-0.1, -0.05) is 104 Å². The molecule has 0 spiro atoms. The minimum absolute atomic E-state index is 0.111. The van der Waals surface area contributed by atoms with Gasteiger partial charge in [0.15, 0.2) is 23.5 Å². The van der Waals surface area contributed by atoms with Crippen molar-refractivity contribution in [1.29, 1.82) is 0 Å². The van der Waals surface area contributed by atoms with Crippen LogP contribution in [-0.4, -0.2) is 109 Å². The van der Waals surface area contributed by atoms with Gasteiger partial charge in [0, 0.05) is 45.3 Å². The minimum atomic E-state index is -1.39. The normalized spacial score (nSPS) is 14.0. The maximum Gasteiger partial charge on any atom is 0.243 e. The number of rotatable bonds is 38. The number of Topliss-reactive ketones (excluding diaryl/α,β-unsaturated/α-hetero) is 2. The van der Waals surface area contributed by atoms with E-state index in [0.29, 0.717) is 25.7 Å². The molecule has 4 amide bonds. The number of hydrogen-bond acceptors (Lipinski definition) is 10. The summed E-state index contributed by atoms with van der Waals surface area (Å²) in [6, 6.07) is -3.51. The molecule has 352 valence electrons. The first-order valence-corrected chi connectivity index (χ1v) is 22.6. The number of carbonyl (C=O) groups excluding carboxylic acids is 6. The van der Waals surface area contributed by atoms with Crippen LogP contribution in [-0.2, 0) is 28.8 Å². The van der Waals surface area contributed by atoms with E-state index in [9.17, 15) is 39.0 Å². The largest absolute Gasteiger partial charge is 0.396 e. The molecule has 0 aromatic heterocycles. The lowest BCUT2D eigenvalue weighted by Crippen LogP contribution is -2.53. The molecule has 0 aromatic rings. The van der Waals surface area contributed by atoms with E-state index in [1.807, 2.05) is 6.92 Å². The van der Waals surface area contributed by atoms with Gasteiger partial charge in [0.25, 0.3) is 0 Å². The second kappa shape index (κ2) is 35.3. The average Bonchev–Trinajstić information content (AvgIpc) is 3.23. The Morgan fingerprint density at radius 1 is 0.557 bits per heavy atom. The van der Waals surface area contributed by atoms with Crippen LogP contribution in [0.25, 0.3) is 0 Å². The van der Waals surface area contributed by atoms with Gasteiger partial charge in [-0.05, 0) is 38.0 Å². The topological polar surface area (TPSA) is 320 Å². The molecule has 18 heteroatoms. The lowest BCUT2D eigenvalue weighted by Gasteiger charge is -2.27. The van der Waals surface area contributed by atoms with Gasteiger partial charge >= 0.3 is 0 Å². The van der Waals surface area contributed by atoms with Gasteiger partial charge in [-0.15, -0.1) is 0 Å². The summed E-state index contributed by atoms with van der Waals surface area (Å²) in [5.74, 6) is -5.86. The van der Waals surface area contributed by atoms with Gasteiger partial charge in [0.2, 0.25) is 23.6 Å². The summed E-state index contributed by atoms with van der Waals surface area (Å²) in [6.07, 6.45) is 16.1. The summed E-state index contributed by atoms with van der Waals surface area (Å²) in [6.45, 7) is 4.86. The predicted octanol–water partition coefficient (Wildman–Crippen LogP) is 1.96. The molecule has 0 saturated carbocycles. The number of nitrogens with zero attached hydrogens (tertiary/aromatic N) is 2. The molecule has 0 aliphatic carbocycles. The highest BCUT2D eigenvalue weighted by atomic mass is 16.3. The number of amides is 4. The highest BCUT2D eigenvalue weighted by molar-refractivity contribution is 5.96. The van der Waals surface area contributed by atoms with E-state index in [1.165, 1.54) is 64.8 Å². The van der Waals surface area contributed by atoms with Crippen molar-refractivity contribution in [2.45, 2.75) is 174 Å². The fraction of sp³-hybridized carbons (Fsp3) is 0.814. The molecule has 0 aliphatic rings. The van der Waals surface area contributed by atoms with Crippen LogP contribution < -0.4 is 44.2 Å². The fourth-order valence-electron chi connectivity index (χ4n) is 6.96. The third-order valence-electron chi connectivity index (χ3n) is 11.0. The molecule has 6 atom stereocenters. The second-order valence-electron chi connectivity index (χ2n) is 16.1. The van der Waals surface area contributed by atoms with E-state index in [4.69, 9.17) is 22.9 Å². The van der Waals surface area contributed by atoms with Crippen molar-refractivity contribution in [2.75, 3.05) is 33.4 Å². The van der Waals surface area contributed by atoms with E-state index in [1.54, 1.807) is 6.92 Å². The molecular formula is C43H82N10O8. The maximum atomic E-state index is 13.8. The Hall–Kier alpha value is -4.32. The molecule has 0 aromatic carbocycles. The monoisotopic (exact) mass is 867 g/mol. The fourth-order valence-corrected chi connectivity index (χ4v) is 6.96. The third-order valence-corrected chi connectivity index (χ3v) is 11.0. The molecule has 0 aliphatic heterocycles. The summed E-state index contributed by atoms with van der Waals surface area (Å²) in [5.41, 5.74) is 21.7. The molecule has 0 radical (unpaired) electrons. The molecule has 18 nitrogen and oxygen atoms in total. The number of aliphatic hydroxyl groups is 2. The SMILES string of the molecule is CCCCCCCCCCCCCCCC(=O)N[C@@H](CCCN=C(N)N)C(=O)N[C@@H](CO)C(=O)C[C@H](C(=O)N[C@@H](CCCN=C(N)N)C(=O)C[C@@H](CO)C(=O)NC)[C@@H](C)CC. The van der Waals surface area contributed by atoms with Crippen LogP contribution in [0.2, 0.25) is 0 Å². The second-order valence-corrected chi connectivity index (χ2v) is 16.1. The zero-order chi connectivity index (χ0) is 46.0. The molecule has 0 rings (SSSR count). The predicted molar refractivity (Wildman–Crippen MR) is 240 cm³/mol. The molecule has 0 saturated heterocycles. The van der Waals surface area contributed by atoms with Crippen LogP contribution in [0.4, 0.5) is 0 Å². The Labute approximate surface area is 364 Å². The molecule has 0 fully saturated rings. The van der Waals surface area contributed by atoms with Crippen LogP contribution in [0.15, 0.2) is 9.98 Å². The molecule has 0 unspecified atom stereocenters. The Bertz CT molecular complexity index is 1340. The van der Waals surface area contributed by atoms with Gasteiger partial charge in [-0.2, -0.15) is 0 Å². The smallest absolute Gasteiger partial charge is 0.243 e. The molecule has 14 N–H and O–H groups in total. The summed E-state index contributed by atoms with van der Waals surface area (Å²) in [7, 11) is 1.38. The first-order valence-electron chi connectivity index (χ1n) is 22.6. The van der Waals surface area contributed by atoms with Crippen molar-refractivity contribution in [1.82, 2.24) is 21.3 Å². The number of unbranched alkanes of at least 4 members (excludes halogenated alkanes) is 12. The number of ketones is 2. The van der Waals surface area contributed by atoms with Crippen LogP contribution in [0.3, 0.4) is 0 Å². The highest BCUT2D eigenvalue weighted by Gasteiger charge is 2.34. The van der Waals surface area contributed by atoms with Crippen molar-refractivity contribution >= 4 is 47.1 Å². The van der Waals surface area contributed by atoms with Crippen LogP contribution in [0.1, 0.15) is 156 Å². The summed E-state index contributed by atoms with van der Waals surface area (Å²) in [5, 5.41) is 30.5. The first kappa shape index (κ1) is 56.7. The lowest BCUT2D eigenvalue weighted by molar-refractivity contribution is -0.136. The minimum Gasteiger partial charge on any atom is -0.396 e. The van der Waals surface area contributed by atoms with Crippen molar-refractivity contribution in [3.63, 3.8) is 0 Å².